The van der Waals surface area contributed by atoms with Crippen LogP contribution in [-0.2, 0) is 4.79 Å². The number of anilines is 1. The number of nitrogens with zero attached hydrogens (tertiary/aromatic N) is 2. The van der Waals surface area contributed by atoms with E-state index in [1.54, 1.807) is 42.3 Å². The molecule has 0 fully saturated rings. The first-order chi connectivity index (χ1) is 14.5. The van der Waals surface area contributed by atoms with Crippen molar-refractivity contribution in [1.82, 2.24) is 5.32 Å². The van der Waals surface area contributed by atoms with E-state index in [1.165, 1.54) is 0 Å². The molecule has 2 heterocycles. The zero-order chi connectivity index (χ0) is 21.3. The number of carbonyl (C=O) groups is 1. The first-order valence-electron chi connectivity index (χ1n) is 8.95. The van der Waals surface area contributed by atoms with Crippen molar-refractivity contribution in [3.8, 4) is 23.1 Å². The maximum Gasteiger partial charge on any atom is 0.266 e. The highest BCUT2D eigenvalue weighted by molar-refractivity contribution is 7.84. The monoisotopic (exact) mass is 437 g/mol. The van der Waals surface area contributed by atoms with E-state index in [0.29, 0.717) is 28.0 Å². The summed E-state index contributed by atoms with van der Waals surface area (Å²) in [7, 11) is 1.58. The number of carbonyl (C=O) groups excluding carboxylic acids is 1. The van der Waals surface area contributed by atoms with Gasteiger partial charge in [-0.2, -0.15) is 5.26 Å². The molecule has 150 valence electrons. The van der Waals surface area contributed by atoms with E-state index in [4.69, 9.17) is 20.8 Å². The first kappa shape index (κ1) is 20.0. The van der Waals surface area contributed by atoms with Gasteiger partial charge >= 0.3 is 0 Å². The smallest absolute Gasteiger partial charge is 0.266 e. The van der Waals surface area contributed by atoms with Gasteiger partial charge in [-0.15, -0.1) is 12.6 Å². The zero-order valence-corrected chi connectivity index (χ0v) is 17.4. The molecular formula is C22H16ClN3O3S. The van der Waals surface area contributed by atoms with Crippen molar-refractivity contribution in [2.45, 2.75) is 6.17 Å². The summed E-state index contributed by atoms with van der Waals surface area (Å²) in [6, 6.07) is 20.0. The Morgan fingerprint density at radius 2 is 1.83 bits per heavy atom. The zero-order valence-electron chi connectivity index (χ0n) is 15.8. The average Bonchev–Trinajstić information content (AvgIpc) is 3.24. The predicted octanol–water partition coefficient (Wildman–Crippen LogP) is 4.91. The minimum Gasteiger partial charge on any atom is -0.497 e. The van der Waals surface area contributed by atoms with E-state index in [-0.39, 0.29) is 10.6 Å². The van der Waals surface area contributed by atoms with Crippen LogP contribution in [0.4, 0.5) is 5.69 Å². The second-order valence-corrected chi connectivity index (χ2v) is 7.32. The Bertz CT molecular complexity index is 1160. The third-order valence-corrected chi connectivity index (χ3v) is 5.38. The van der Waals surface area contributed by atoms with Crippen LogP contribution in [-0.4, -0.2) is 13.0 Å². The molecule has 6 nitrogen and oxygen atoms in total. The lowest BCUT2D eigenvalue weighted by Crippen LogP contribution is -2.45. The molecule has 2 aromatic carbocycles. The summed E-state index contributed by atoms with van der Waals surface area (Å²) in [5, 5.41) is 13.1. The Morgan fingerprint density at radius 3 is 2.47 bits per heavy atom. The normalized spacial score (nSPS) is 16.3. The molecule has 1 aromatic heterocycles. The van der Waals surface area contributed by atoms with Crippen LogP contribution in [0.15, 0.2) is 75.7 Å². The van der Waals surface area contributed by atoms with Gasteiger partial charge in [-0.05, 0) is 60.7 Å². The van der Waals surface area contributed by atoms with Gasteiger partial charge in [0, 0.05) is 16.3 Å². The molecule has 1 aliphatic rings. The van der Waals surface area contributed by atoms with Crippen molar-refractivity contribution in [1.29, 1.82) is 5.26 Å². The molecule has 3 aromatic rings. The van der Waals surface area contributed by atoms with Crippen LogP contribution in [0.3, 0.4) is 0 Å². The van der Waals surface area contributed by atoms with E-state index in [9.17, 15) is 10.1 Å². The molecule has 0 spiro atoms. The highest BCUT2D eigenvalue weighted by Crippen LogP contribution is 2.38. The number of nitriles is 1. The molecule has 8 heteroatoms. The number of hydrogen-bond donors (Lipinski definition) is 2. The Kier molecular flexibility index (Phi) is 5.44. The molecule has 1 N–H and O–H groups in total. The summed E-state index contributed by atoms with van der Waals surface area (Å²) < 4.78 is 11.3. The summed E-state index contributed by atoms with van der Waals surface area (Å²) >= 11 is 10.4. The lowest BCUT2D eigenvalue weighted by Gasteiger charge is -2.36. The number of amides is 1. The Hall–Kier alpha value is -3.34. The molecule has 0 radical (unpaired) electrons. The van der Waals surface area contributed by atoms with Crippen molar-refractivity contribution in [2.24, 2.45) is 0 Å². The van der Waals surface area contributed by atoms with Gasteiger partial charge in [0.2, 0.25) is 0 Å². The van der Waals surface area contributed by atoms with Crippen LogP contribution in [0.2, 0.25) is 5.02 Å². The SMILES string of the molecule is COc1ccc(N2C(S)=C(C#N)C(=O)NC2c2ccc(-c3ccc(Cl)cc3)o2)cc1. The fourth-order valence-corrected chi connectivity index (χ4v) is 3.70. The molecule has 1 aliphatic heterocycles. The third kappa shape index (κ3) is 3.63. The Balaban J connectivity index is 1.77. The summed E-state index contributed by atoms with van der Waals surface area (Å²) in [6.07, 6.45) is -0.684. The summed E-state index contributed by atoms with van der Waals surface area (Å²) in [5.74, 6) is 1.29. The number of benzene rings is 2. The fraction of sp³-hybridized carbons (Fsp3) is 0.0909. The number of nitrogens with one attached hydrogen (secondary N) is 1. The Labute approximate surface area is 183 Å². The molecule has 0 saturated carbocycles. The second kappa shape index (κ2) is 8.19. The minimum absolute atomic E-state index is 0.0742. The van der Waals surface area contributed by atoms with E-state index in [0.717, 1.165) is 5.56 Å². The molecule has 0 bridgehead atoms. The number of methoxy groups -OCH3 is 1. The van der Waals surface area contributed by atoms with Gasteiger partial charge in [0.05, 0.1) is 12.1 Å². The number of furan rings is 1. The largest absolute Gasteiger partial charge is 0.497 e. The van der Waals surface area contributed by atoms with Gasteiger partial charge in [0.25, 0.3) is 5.91 Å². The fourth-order valence-electron chi connectivity index (χ4n) is 3.19. The van der Waals surface area contributed by atoms with Gasteiger partial charge < -0.3 is 19.4 Å². The number of thiol groups is 1. The average molecular weight is 438 g/mol. The van der Waals surface area contributed by atoms with Gasteiger partial charge in [0.1, 0.15) is 28.9 Å². The summed E-state index contributed by atoms with van der Waals surface area (Å²) in [4.78, 5) is 14.2. The van der Waals surface area contributed by atoms with E-state index < -0.39 is 12.1 Å². The van der Waals surface area contributed by atoms with Gasteiger partial charge in [-0.1, -0.05) is 11.6 Å². The quantitative estimate of drug-likeness (QED) is 0.567. The molecule has 30 heavy (non-hydrogen) atoms. The maximum atomic E-state index is 12.5. The number of rotatable bonds is 4. The van der Waals surface area contributed by atoms with Crippen LogP contribution in [0.5, 0.6) is 5.75 Å². The van der Waals surface area contributed by atoms with Gasteiger partial charge in [-0.3, -0.25) is 4.79 Å². The highest BCUT2D eigenvalue weighted by atomic mass is 35.5. The van der Waals surface area contributed by atoms with Crippen molar-refractivity contribution in [2.75, 3.05) is 12.0 Å². The molecular weight excluding hydrogens is 422 g/mol. The number of ether oxygens (including phenoxy) is 1. The third-order valence-electron chi connectivity index (χ3n) is 4.69. The summed E-state index contributed by atoms with van der Waals surface area (Å²) in [6.45, 7) is 0. The summed E-state index contributed by atoms with van der Waals surface area (Å²) in [5.41, 5.74) is 1.49. The molecule has 4 rings (SSSR count). The number of hydrogen-bond acceptors (Lipinski definition) is 6. The van der Waals surface area contributed by atoms with Gasteiger partial charge in [0.15, 0.2) is 6.17 Å². The van der Waals surface area contributed by atoms with E-state index >= 15 is 0 Å². The van der Waals surface area contributed by atoms with E-state index in [1.807, 2.05) is 36.4 Å². The topological polar surface area (TPSA) is 78.5 Å². The van der Waals surface area contributed by atoms with Crippen molar-refractivity contribution in [3.63, 3.8) is 0 Å². The minimum atomic E-state index is -0.684. The first-order valence-corrected chi connectivity index (χ1v) is 9.77. The molecule has 1 atom stereocenters. The van der Waals surface area contributed by atoms with Crippen LogP contribution >= 0.6 is 24.2 Å². The predicted molar refractivity (Wildman–Crippen MR) is 117 cm³/mol. The highest BCUT2D eigenvalue weighted by Gasteiger charge is 2.35. The van der Waals surface area contributed by atoms with Crippen LogP contribution in [0, 0.1) is 11.3 Å². The second-order valence-electron chi connectivity index (χ2n) is 6.46. The van der Waals surface area contributed by atoms with Crippen molar-refractivity contribution in [3.05, 3.63) is 82.0 Å². The van der Waals surface area contributed by atoms with Crippen LogP contribution in [0.1, 0.15) is 11.9 Å². The molecule has 0 aliphatic carbocycles. The van der Waals surface area contributed by atoms with Crippen molar-refractivity contribution < 1.29 is 13.9 Å². The molecule has 0 saturated heterocycles. The standard InChI is InChI=1S/C22H16ClN3O3S/c1-28-16-8-6-15(7-9-16)26-20(25-21(27)17(12-24)22(26)30)19-11-10-18(29-19)13-2-4-14(23)5-3-13/h2-11,20,30H,1H3,(H,25,27). The Morgan fingerprint density at radius 1 is 1.13 bits per heavy atom. The lowest BCUT2D eigenvalue weighted by atomic mass is 10.1. The maximum absolute atomic E-state index is 12.5. The van der Waals surface area contributed by atoms with E-state index in [2.05, 4.69) is 17.9 Å². The molecule has 1 unspecified atom stereocenters. The number of halogens is 1. The van der Waals surface area contributed by atoms with Gasteiger partial charge in [-0.25, -0.2) is 0 Å². The lowest BCUT2D eigenvalue weighted by molar-refractivity contribution is -0.118. The van der Waals surface area contributed by atoms with Crippen LogP contribution < -0.4 is 15.0 Å². The molecule has 1 amide bonds. The van der Waals surface area contributed by atoms with Crippen LogP contribution in [0.25, 0.3) is 11.3 Å². The van der Waals surface area contributed by atoms with Crippen molar-refractivity contribution >= 4 is 35.8 Å².